The molecule has 0 radical (unpaired) electrons. The summed E-state index contributed by atoms with van der Waals surface area (Å²) in [5, 5.41) is 18.5. The highest BCUT2D eigenvalue weighted by molar-refractivity contribution is 9.11. The molecule has 7 heterocycles. The van der Waals surface area contributed by atoms with Crippen molar-refractivity contribution in [3.8, 4) is 24.2 Å². The zero-order valence-corrected chi connectivity index (χ0v) is 83.9. The van der Waals surface area contributed by atoms with Crippen LogP contribution in [0.3, 0.4) is 0 Å². The van der Waals surface area contributed by atoms with Crippen LogP contribution >= 0.6 is 98.5 Å². The Balaban J connectivity index is 0.000000170. The van der Waals surface area contributed by atoms with Gasteiger partial charge in [0, 0.05) is 26.9 Å². The van der Waals surface area contributed by atoms with Crippen molar-refractivity contribution in [2.75, 3.05) is 57.6 Å². The first-order chi connectivity index (χ1) is 69.7. The predicted octanol–water partition coefficient (Wildman–Crippen LogP) is 29.4. The summed E-state index contributed by atoms with van der Waals surface area (Å²) in [6.45, 7) is -0.572. The minimum atomic E-state index is -4.67. The van der Waals surface area contributed by atoms with Crippen molar-refractivity contribution < 1.29 is 114 Å². The Morgan fingerprint density at radius 1 is 0.385 bits per heavy atom. The van der Waals surface area contributed by atoms with E-state index in [0.29, 0.717) is 27.5 Å². The van der Waals surface area contributed by atoms with Crippen molar-refractivity contribution in [1.82, 2.24) is 69.1 Å². The molecule has 0 spiro atoms. The number of hydrogen-bond donors (Lipinski definition) is 2. The lowest BCUT2D eigenvalue weighted by atomic mass is 9.93. The van der Waals surface area contributed by atoms with Gasteiger partial charge in [0.25, 0.3) is 43.7 Å². The van der Waals surface area contributed by atoms with Crippen molar-refractivity contribution in [3.63, 3.8) is 0 Å². The first-order valence-electron chi connectivity index (χ1n) is 41.8. The Kier molecular flexibility index (Phi) is 38.8. The van der Waals surface area contributed by atoms with E-state index in [2.05, 4.69) is 142 Å². The number of nitrogens with two attached hydrogens (primary N) is 1. The molecular formula is C95H65Br4Cl3F26N20. The van der Waals surface area contributed by atoms with E-state index in [1.165, 1.54) is 149 Å². The number of halogens is 33. The second-order valence-corrected chi connectivity index (χ2v) is 35.8. The van der Waals surface area contributed by atoms with Gasteiger partial charge >= 0.3 is 12.4 Å². The van der Waals surface area contributed by atoms with Gasteiger partial charge in [-0.25, -0.2) is 113 Å². The lowest BCUT2D eigenvalue weighted by Gasteiger charge is -2.26. The first-order valence-corrected chi connectivity index (χ1v) is 46.1. The molecule has 20 nitrogen and oxygen atoms in total. The Morgan fingerprint density at radius 3 is 1.10 bits per heavy atom. The molecule has 7 aromatic heterocycles. The lowest BCUT2D eigenvalue weighted by molar-refractivity contribution is -0.190. The van der Waals surface area contributed by atoms with E-state index in [1.807, 2.05) is 5.92 Å². The summed E-state index contributed by atoms with van der Waals surface area (Å²) >= 11 is 29.2. The maximum absolute atomic E-state index is 15.5. The number of hydrogen-bond acceptors (Lipinski definition) is 18. The highest BCUT2D eigenvalue weighted by Gasteiger charge is 2.47. The molecule has 0 saturated carbocycles. The van der Waals surface area contributed by atoms with Crippen molar-refractivity contribution in [3.05, 3.63) is 298 Å². The fraction of sp³-hybridized carbons (Fsp3) is 0.200. The van der Waals surface area contributed by atoms with Crippen LogP contribution in [-0.2, 0) is 6.54 Å². The van der Waals surface area contributed by atoms with Gasteiger partial charge in [0.2, 0.25) is 10.6 Å². The number of rotatable bonds is 20. The highest BCUT2D eigenvalue weighted by Crippen LogP contribution is 2.44. The Bertz CT molecular complexity index is 7760. The van der Waals surface area contributed by atoms with Crippen molar-refractivity contribution in [2.24, 2.45) is 16.6 Å². The third-order valence-corrected chi connectivity index (χ3v) is 23.5. The van der Waals surface area contributed by atoms with Crippen LogP contribution in [0.4, 0.5) is 166 Å². The van der Waals surface area contributed by atoms with Crippen LogP contribution in [0.25, 0.3) is 66.1 Å². The molecule has 10 aromatic carbocycles. The lowest BCUT2D eigenvalue weighted by Crippen LogP contribution is -2.30. The van der Waals surface area contributed by atoms with Gasteiger partial charge in [-0.3, -0.25) is 8.80 Å². The average molecular weight is 2410 g/mol. The second-order valence-electron chi connectivity index (χ2n) is 31.3. The van der Waals surface area contributed by atoms with Gasteiger partial charge in [0.05, 0.1) is 119 Å². The normalized spacial score (nSPS) is 11.6. The molecule has 53 heteroatoms. The monoisotopic (exact) mass is 2400 g/mol. The van der Waals surface area contributed by atoms with Gasteiger partial charge in [-0.15, -0.1) is 26.8 Å². The Hall–Kier alpha value is -13.1. The van der Waals surface area contributed by atoms with Gasteiger partial charge in [-0.1, -0.05) is 59.7 Å². The van der Waals surface area contributed by atoms with E-state index in [4.69, 9.17) is 40.5 Å². The number of benzene rings is 10. The van der Waals surface area contributed by atoms with E-state index >= 15 is 4.39 Å². The number of anilines is 9. The molecule has 0 saturated heterocycles. The van der Waals surface area contributed by atoms with Crippen LogP contribution in [0, 0.1) is 93.2 Å². The summed E-state index contributed by atoms with van der Waals surface area (Å²) in [7, 11) is 0. The topological polar surface area (TPSA) is 215 Å². The van der Waals surface area contributed by atoms with Crippen LogP contribution in [-0.4, -0.2) is 146 Å². The van der Waals surface area contributed by atoms with E-state index in [-0.39, 0.29) is 136 Å². The van der Waals surface area contributed by atoms with Crippen LogP contribution in [0.1, 0.15) is 39.1 Å². The smallest absolute Gasteiger partial charge is 0.377 e. The van der Waals surface area contributed by atoms with Crippen molar-refractivity contribution in [1.29, 1.82) is 0 Å². The van der Waals surface area contributed by atoms with Gasteiger partial charge in [0.15, 0.2) is 29.1 Å². The van der Waals surface area contributed by atoms with Crippen LogP contribution in [0.2, 0.25) is 15.7 Å². The molecule has 17 rings (SSSR count). The van der Waals surface area contributed by atoms with Crippen LogP contribution < -0.4 is 30.7 Å². The number of nitrogens with one attached hydrogen (secondary N) is 1. The quantitative estimate of drug-likeness (QED) is 0.0314. The number of fused-ring (bicyclic) bond motifs is 9. The summed E-state index contributed by atoms with van der Waals surface area (Å²) < 4.78 is 349. The molecule has 17 aromatic rings. The third kappa shape index (κ3) is 28.7. The molecule has 0 atom stereocenters. The maximum Gasteiger partial charge on any atom is 0.404 e. The van der Waals surface area contributed by atoms with Crippen LogP contribution in [0.15, 0.2) is 213 Å². The predicted molar refractivity (Wildman–Crippen MR) is 523 cm³/mol. The average Bonchev–Trinajstić information content (AvgIpc) is 1.41. The zero-order chi connectivity index (χ0) is 109. The molecular weight excluding hydrogens is 2340 g/mol. The molecule has 0 unspecified atom stereocenters. The summed E-state index contributed by atoms with van der Waals surface area (Å²) in [6.07, 6.45) is -15.5. The SMILES string of the molecule is C#CC(C)(C)C(F)(F)F.CC(C)(C#Cc1cccc(N(CC(F)F)c2nc3nncn3c3ccc(F)cc23)c1F)C(F)(F)F.Fc1c(Br)cccc1NCC(F)F.Fc1ccc2c(c1)c(N(CC(F)F)c1cccc(Br)c1F)nc1nncn12.Fc1ccc2nc(Cl)nc(Cl)c2c1.Fc1ccc2nc(Cl)nc(N(CC(F)F)c3cccc(Br)c3F)c2c1.NCc1nc(N(CC(F)F)c2cccc(Br)c2F)c2cc(F)ccc2n1. The van der Waals surface area contributed by atoms with Gasteiger partial charge in [0.1, 0.15) is 86.8 Å². The van der Waals surface area contributed by atoms with Gasteiger partial charge in [-0.05, 0) is 266 Å². The molecule has 0 aliphatic carbocycles. The summed E-state index contributed by atoms with van der Waals surface area (Å²) in [5.41, 5.74) is 1.88. The molecule has 0 fully saturated rings. The molecule has 3 N–H and O–H groups in total. The first kappa shape index (κ1) is 115. The van der Waals surface area contributed by atoms with E-state index in [0.717, 1.165) is 95.8 Å². The number of terminal acetylenes is 1. The maximum atomic E-state index is 15.5. The minimum Gasteiger partial charge on any atom is -0.377 e. The van der Waals surface area contributed by atoms with Crippen molar-refractivity contribution >= 4 is 216 Å². The summed E-state index contributed by atoms with van der Waals surface area (Å²) in [4.78, 5) is 36.0. The summed E-state index contributed by atoms with van der Waals surface area (Å²) in [5.74, 6) is -1.05. The number of nitrogens with zero attached hydrogens (tertiary/aromatic N) is 18. The Morgan fingerprint density at radius 2 is 0.723 bits per heavy atom. The molecule has 0 aliphatic heterocycles. The fourth-order valence-electron chi connectivity index (χ4n) is 13.1. The fourth-order valence-corrected chi connectivity index (χ4v) is 15.1. The largest absolute Gasteiger partial charge is 0.404 e. The molecule has 0 bridgehead atoms. The van der Waals surface area contributed by atoms with Gasteiger partial charge in [-0.2, -0.15) is 41.3 Å². The Labute approximate surface area is 868 Å². The number of aromatic nitrogens is 14. The molecule has 0 aliphatic rings. The molecule has 148 heavy (non-hydrogen) atoms. The number of alkyl halides is 16. The molecule has 0 amide bonds. The zero-order valence-electron chi connectivity index (χ0n) is 75.3. The summed E-state index contributed by atoms with van der Waals surface area (Å²) in [6, 6.07) is 39.7. The van der Waals surface area contributed by atoms with E-state index in [1.54, 1.807) is 12.0 Å². The molecule has 776 valence electrons. The minimum absolute atomic E-state index is 0.0124. The van der Waals surface area contributed by atoms with E-state index < -0.39 is 152 Å². The highest BCUT2D eigenvalue weighted by atomic mass is 79.9. The van der Waals surface area contributed by atoms with Crippen molar-refractivity contribution in [2.45, 2.75) is 78.7 Å². The third-order valence-electron chi connectivity index (χ3n) is 20.4. The van der Waals surface area contributed by atoms with Crippen LogP contribution in [0.5, 0.6) is 0 Å². The van der Waals surface area contributed by atoms with Gasteiger partial charge < -0.3 is 30.7 Å². The van der Waals surface area contributed by atoms with E-state index in [9.17, 15) is 110 Å². The standard InChI is InChI=1S/C23H16F7N5.C17H10BrF4N5.C17H13BrF4N4.C16H9BrClF4N3.C8H7BrF3N.C8H3Cl2FN2.C6H7F3/c1-22(2,23(28,29)30)9-8-13-4-3-5-17(19(13)27)34(11-18(25)26)20-15-10-14(24)6-7-16(15)35-12-31-33-21(35)32-20;18-11-2-1-3-13(15(11)22)26(7-14(20)21)16-10-6-9(19)4-5-12(10)27-8-23-25-17(27)24-16;18-11-2-1-3-13(16(11)22)26(8-14(20)21)17-10-6-9(19)4-5-12(10)24-15(7-23)25-17;17-10-2-1-3-12(14(10)22)25(7-13(20)21)15-9-6-8(19)4-5-11(9)23-16(18)24-15;9-5-2-1-3-6(8(5)12)13-4-7(10)11;9-7-5-3-4(11)1-2-6(5)12-8(10)13-7;1-4-5(2,3)6(7,8)9/h3-7,10,12,18H,11H2,1-2H3;1-6,8,14H,7H2;1-6,14H,7-8,23H2;1-6,13H,7H2;1-3,7,13H,4H2;1-3H;1H,2-3H3. The second kappa shape index (κ2) is 49.8.